The molecule has 2 heterocycles. The van der Waals surface area contributed by atoms with Crippen LogP contribution in [0.1, 0.15) is 42.9 Å². The third-order valence-electron chi connectivity index (χ3n) is 6.21. The van der Waals surface area contributed by atoms with E-state index in [2.05, 4.69) is 30.3 Å². The van der Waals surface area contributed by atoms with Crippen LogP contribution in [-0.4, -0.2) is 35.9 Å². The largest absolute Gasteiger partial charge is 0.497 e. The van der Waals surface area contributed by atoms with Gasteiger partial charge in [-0.15, -0.1) is 0 Å². The van der Waals surface area contributed by atoms with Gasteiger partial charge in [0.2, 0.25) is 5.91 Å². The Morgan fingerprint density at radius 1 is 0.969 bits per heavy atom. The van der Waals surface area contributed by atoms with E-state index in [4.69, 9.17) is 14.5 Å². The minimum atomic E-state index is -0.108. The SMILES string of the molecule is COc1ccc(/C=C2\CCCC3=C2N=C2SCCC(=O)N2[C@@H]3c2ccc(OC)cc2)cc1. The molecule has 0 N–H and O–H groups in total. The van der Waals surface area contributed by atoms with E-state index < -0.39 is 0 Å². The number of hydrogen-bond donors (Lipinski definition) is 0. The van der Waals surface area contributed by atoms with Crippen molar-refractivity contribution < 1.29 is 14.3 Å². The number of allylic oxidation sites excluding steroid dienone is 1. The number of carbonyl (C=O) groups excluding carboxylic acids is 1. The lowest BCUT2D eigenvalue weighted by molar-refractivity contribution is -0.128. The first-order valence-corrected chi connectivity index (χ1v) is 11.9. The summed E-state index contributed by atoms with van der Waals surface area (Å²) in [4.78, 5) is 20.0. The Hall–Kier alpha value is -2.99. The standard InChI is InChI=1S/C26H26N2O3S/c1-30-20-10-6-17(7-11-20)16-19-4-3-5-22-24(19)27-26-28(23(29)14-15-32-26)25(22)18-8-12-21(31-2)13-9-18/h6-13,16,25H,3-5,14-15H2,1-2H3/b19-16+/t25-/m1/s1. The van der Waals surface area contributed by atoms with E-state index in [1.54, 1.807) is 26.0 Å². The molecule has 1 amide bonds. The van der Waals surface area contributed by atoms with Gasteiger partial charge in [-0.1, -0.05) is 36.0 Å². The van der Waals surface area contributed by atoms with Crippen molar-refractivity contribution in [3.05, 3.63) is 76.5 Å². The third-order valence-corrected chi connectivity index (χ3v) is 7.16. The zero-order chi connectivity index (χ0) is 22.1. The minimum Gasteiger partial charge on any atom is -0.497 e. The minimum absolute atomic E-state index is 0.108. The van der Waals surface area contributed by atoms with Crippen molar-refractivity contribution in [2.45, 2.75) is 31.7 Å². The molecule has 6 heteroatoms. The lowest BCUT2D eigenvalue weighted by Crippen LogP contribution is -2.45. The van der Waals surface area contributed by atoms with E-state index in [9.17, 15) is 4.79 Å². The first kappa shape index (κ1) is 20.9. The quantitative estimate of drug-likeness (QED) is 0.613. The van der Waals surface area contributed by atoms with Gasteiger partial charge in [0.05, 0.1) is 26.0 Å². The highest BCUT2D eigenvalue weighted by atomic mass is 32.2. The molecule has 0 unspecified atom stereocenters. The number of amidine groups is 1. The Bertz CT molecular complexity index is 1120. The number of thioether (sulfide) groups is 1. The van der Waals surface area contributed by atoms with Crippen LogP contribution in [0, 0.1) is 0 Å². The molecular formula is C26H26N2O3S. The van der Waals surface area contributed by atoms with Gasteiger partial charge in [-0.05, 0) is 71.9 Å². The molecule has 5 rings (SSSR count). The molecule has 32 heavy (non-hydrogen) atoms. The molecule has 2 aromatic rings. The number of methoxy groups -OCH3 is 2. The van der Waals surface area contributed by atoms with Crippen LogP contribution in [0.25, 0.3) is 6.08 Å². The van der Waals surface area contributed by atoms with Crippen LogP contribution in [0.15, 0.2) is 70.4 Å². The normalized spacial score (nSPS) is 21.8. The number of benzene rings is 2. The summed E-state index contributed by atoms with van der Waals surface area (Å²) < 4.78 is 10.6. The Kier molecular flexibility index (Phi) is 5.79. The van der Waals surface area contributed by atoms with Crippen molar-refractivity contribution in [2.24, 2.45) is 4.99 Å². The van der Waals surface area contributed by atoms with E-state index in [-0.39, 0.29) is 11.9 Å². The molecular weight excluding hydrogens is 420 g/mol. The first-order valence-electron chi connectivity index (χ1n) is 10.9. The number of nitrogens with zero attached hydrogens (tertiary/aromatic N) is 2. The van der Waals surface area contributed by atoms with Crippen LogP contribution in [0.5, 0.6) is 11.5 Å². The fraction of sp³-hybridized carbons (Fsp3) is 0.308. The van der Waals surface area contributed by atoms with Gasteiger partial charge in [0.1, 0.15) is 11.5 Å². The fourth-order valence-corrected chi connectivity index (χ4v) is 5.58. The molecule has 0 spiro atoms. The Labute approximate surface area is 192 Å². The Balaban J connectivity index is 1.61. The smallest absolute Gasteiger partial charge is 0.230 e. The maximum absolute atomic E-state index is 13.0. The fourth-order valence-electron chi connectivity index (χ4n) is 4.62. The number of carbonyl (C=O) groups is 1. The van der Waals surface area contributed by atoms with Crippen molar-refractivity contribution in [1.29, 1.82) is 0 Å². The highest BCUT2D eigenvalue weighted by molar-refractivity contribution is 8.14. The van der Waals surface area contributed by atoms with Crippen molar-refractivity contribution in [3.63, 3.8) is 0 Å². The molecule has 1 saturated heterocycles. The molecule has 3 aliphatic rings. The van der Waals surface area contributed by atoms with Crippen LogP contribution in [0.3, 0.4) is 0 Å². The summed E-state index contributed by atoms with van der Waals surface area (Å²) in [5.41, 5.74) is 5.76. The highest BCUT2D eigenvalue weighted by Gasteiger charge is 2.40. The lowest BCUT2D eigenvalue weighted by atomic mass is 9.83. The Morgan fingerprint density at radius 2 is 1.66 bits per heavy atom. The van der Waals surface area contributed by atoms with E-state index >= 15 is 0 Å². The van der Waals surface area contributed by atoms with Crippen LogP contribution in [-0.2, 0) is 4.79 Å². The number of amides is 1. The van der Waals surface area contributed by atoms with Crippen molar-refractivity contribution >= 4 is 28.9 Å². The second-order valence-corrected chi connectivity index (χ2v) is 9.16. The van der Waals surface area contributed by atoms with Gasteiger partial charge in [-0.25, -0.2) is 4.99 Å². The molecule has 0 radical (unpaired) electrons. The van der Waals surface area contributed by atoms with E-state index in [1.807, 2.05) is 29.2 Å². The number of rotatable bonds is 4. The number of ether oxygens (including phenoxy) is 2. The zero-order valence-corrected chi connectivity index (χ0v) is 19.2. The first-order chi connectivity index (χ1) is 15.7. The van der Waals surface area contributed by atoms with Gasteiger partial charge in [0.15, 0.2) is 5.17 Å². The summed E-state index contributed by atoms with van der Waals surface area (Å²) in [6, 6.07) is 16.1. The van der Waals surface area contributed by atoms with Crippen molar-refractivity contribution in [2.75, 3.05) is 20.0 Å². The topological polar surface area (TPSA) is 51.1 Å². The van der Waals surface area contributed by atoms with Gasteiger partial charge in [-0.2, -0.15) is 0 Å². The van der Waals surface area contributed by atoms with Crippen LogP contribution >= 0.6 is 11.8 Å². The van der Waals surface area contributed by atoms with Crippen molar-refractivity contribution in [1.82, 2.24) is 4.90 Å². The summed E-state index contributed by atoms with van der Waals surface area (Å²) in [6.45, 7) is 0. The van der Waals surface area contributed by atoms with Gasteiger partial charge in [0, 0.05) is 12.2 Å². The van der Waals surface area contributed by atoms with E-state index in [0.29, 0.717) is 6.42 Å². The molecule has 2 aliphatic heterocycles. The monoisotopic (exact) mass is 446 g/mol. The summed E-state index contributed by atoms with van der Waals surface area (Å²) >= 11 is 1.68. The summed E-state index contributed by atoms with van der Waals surface area (Å²) in [7, 11) is 3.35. The van der Waals surface area contributed by atoms with Gasteiger partial charge in [0.25, 0.3) is 0 Å². The number of fused-ring (bicyclic) bond motifs is 1. The van der Waals surface area contributed by atoms with Crippen molar-refractivity contribution in [3.8, 4) is 11.5 Å². The predicted molar refractivity (Wildman–Crippen MR) is 129 cm³/mol. The van der Waals surface area contributed by atoms with E-state index in [1.165, 1.54) is 11.1 Å². The molecule has 1 fully saturated rings. The van der Waals surface area contributed by atoms with Crippen LogP contribution < -0.4 is 9.47 Å². The average molecular weight is 447 g/mol. The molecule has 0 bridgehead atoms. The maximum atomic E-state index is 13.0. The second kappa shape index (κ2) is 8.87. The molecule has 1 atom stereocenters. The zero-order valence-electron chi connectivity index (χ0n) is 18.3. The third kappa shape index (κ3) is 3.84. The summed E-state index contributed by atoms with van der Waals surface area (Å²) in [5.74, 6) is 2.60. The second-order valence-electron chi connectivity index (χ2n) is 8.10. The highest BCUT2D eigenvalue weighted by Crippen LogP contribution is 2.47. The molecule has 1 aliphatic carbocycles. The molecule has 5 nitrogen and oxygen atoms in total. The van der Waals surface area contributed by atoms with Gasteiger partial charge in [-0.3, -0.25) is 9.69 Å². The summed E-state index contributed by atoms with van der Waals surface area (Å²) in [5, 5.41) is 0.823. The van der Waals surface area contributed by atoms with Gasteiger partial charge < -0.3 is 9.47 Å². The molecule has 164 valence electrons. The van der Waals surface area contributed by atoms with Gasteiger partial charge >= 0.3 is 0 Å². The van der Waals surface area contributed by atoms with Crippen LogP contribution in [0.4, 0.5) is 0 Å². The molecule has 0 aromatic heterocycles. The number of hydrogen-bond acceptors (Lipinski definition) is 5. The number of aliphatic imine (C=N–C) groups is 1. The summed E-state index contributed by atoms with van der Waals surface area (Å²) in [6.07, 6.45) is 5.75. The lowest BCUT2D eigenvalue weighted by Gasteiger charge is -2.42. The van der Waals surface area contributed by atoms with Crippen LogP contribution in [0.2, 0.25) is 0 Å². The molecule has 2 aromatic carbocycles. The molecule has 0 saturated carbocycles. The van der Waals surface area contributed by atoms with E-state index in [0.717, 1.165) is 58.5 Å². The predicted octanol–water partition coefficient (Wildman–Crippen LogP) is 5.60. The average Bonchev–Trinajstić information content (AvgIpc) is 2.84. The Morgan fingerprint density at radius 3 is 2.34 bits per heavy atom. The maximum Gasteiger partial charge on any atom is 0.230 e.